The van der Waals surface area contributed by atoms with Crippen molar-refractivity contribution in [2.24, 2.45) is 0 Å². The number of carboxylic acids is 1. The highest BCUT2D eigenvalue weighted by molar-refractivity contribution is 9.10. The maximum absolute atomic E-state index is 11.9. The number of aromatic amines is 1. The van der Waals surface area contributed by atoms with Gasteiger partial charge in [0.2, 0.25) is 0 Å². The van der Waals surface area contributed by atoms with Gasteiger partial charge in [0, 0.05) is 20.8 Å². The Hall–Kier alpha value is -2.34. The predicted molar refractivity (Wildman–Crippen MR) is 91.2 cm³/mol. The molecule has 0 fully saturated rings. The van der Waals surface area contributed by atoms with E-state index in [0.29, 0.717) is 23.2 Å². The van der Waals surface area contributed by atoms with Crippen LogP contribution in [0.2, 0.25) is 0 Å². The number of carbonyl (C=O) groups excluding carboxylic acids is 1. The normalized spacial score (nSPS) is 11.1. The number of nitrogens with one attached hydrogen (secondary N) is 1. The number of benzene rings is 2. The van der Waals surface area contributed by atoms with E-state index in [0.717, 1.165) is 20.8 Å². The largest absolute Gasteiger partial charge is 0.478 e. The Labute approximate surface area is 140 Å². The summed E-state index contributed by atoms with van der Waals surface area (Å²) in [5, 5.41) is 11.1. The molecule has 3 aromatic rings. The number of hydrogen-bond donors (Lipinski definition) is 2. The van der Waals surface area contributed by atoms with Crippen LogP contribution in [0.4, 0.5) is 0 Å². The number of aryl methyl sites for hydroxylation is 1. The maximum atomic E-state index is 11.9. The summed E-state index contributed by atoms with van der Waals surface area (Å²) in [5.74, 6) is -1.40. The third-order valence-corrected chi connectivity index (χ3v) is 4.76. The van der Waals surface area contributed by atoms with Crippen molar-refractivity contribution in [3.63, 3.8) is 0 Å². The van der Waals surface area contributed by atoms with Gasteiger partial charge in [0.25, 0.3) is 0 Å². The first-order valence-electron chi connectivity index (χ1n) is 7.09. The molecular weight excluding hydrogens is 362 g/mol. The number of aromatic nitrogens is 1. The van der Waals surface area contributed by atoms with Crippen molar-refractivity contribution >= 4 is 49.7 Å². The monoisotopic (exact) mass is 375 g/mol. The van der Waals surface area contributed by atoms with Crippen LogP contribution in [0.5, 0.6) is 0 Å². The molecule has 0 radical (unpaired) electrons. The molecule has 0 saturated carbocycles. The van der Waals surface area contributed by atoms with Gasteiger partial charge in [0.1, 0.15) is 0 Å². The minimum atomic E-state index is -0.997. The summed E-state index contributed by atoms with van der Waals surface area (Å²) in [5.41, 5.74) is 2.70. The molecule has 0 unspecified atom stereocenters. The summed E-state index contributed by atoms with van der Waals surface area (Å²) < 4.78 is 5.84. The fraction of sp³-hybridized carbons (Fsp3) is 0.176. The van der Waals surface area contributed by atoms with Gasteiger partial charge >= 0.3 is 11.9 Å². The molecule has 118 valence electrons. The van der Waals surface area contributed by atoms with Crippen LogP contribution in [0.1, 0.15) is 33.2 Å². The molecule has 0 spiro atoms. The molecule has 0 amide bonds. The van der Waals surface area contributed by atoms with Crippen LogP contribution in [-0.2, 0) is 4.74 Å². The molecular formula is C17H14BrNO4. The van der Waals surface area contributed by atoms with E-state index in [1.54, 1.807) is 31.2 Å². The second-order valence-corrected chi connectivity index (χ2v) is 6.01. The summed E-state index contributed by atoms with van der Waals surface area (Å²) in [6, 6.07) is 6.79. The lowest BCUT2D eigenvalue weighted by Gasteiger charge is -2.04. The molecule has 5 nitrogen and oxygen atoms in total. The summed E-state index contributed by atoms with van der Waals surface area (Å²) in [6.07, 6.45) is 0. The highest BCUT2D eigenvalue weighted by Crippen LogP contribution is 2.36. The first-order valence-corrected chi connectivity index (χ1v) is 7.88. The van der Waals surface area contributed by atoms with Crippen molar-refractivity contribution in [2.45, 2.75) is 13.8 Å². The highest BCUT2D eigenvalue weighted by Gasteiger charge is 2.18. The second kappa shape index (κ2) is 5.70. The van der Waals surface area contributed by atoms with Crippen molar-refractivity contribution in [1.29, 1.82) is 0 Å². The Bertz CT molecular complexity index is 958. The van der Waals surface area contributed by atoms with Crippen LogP contribution in [-0.4, -0.2) is 28.6 Å². The standard InChI is InChI=1S/C17H14BrNO4/c1-3-23-17(22)9-4-5-10-12(7-9)19-15-11(16(20)21)6-8(2)14(18)13(10)15/h4-7,19H,3H2,1-2H3,(H,20,21). The third-order valence-electron chi connectivity index (χ3n) is 3.74. The van der Waals surface area contributed by atoms with Gasteiger partial charge in [-0.2, -0.15) is 0 Å². The van der Waals surface area contributed by atoms with Crippen molar-refractivity contribution in [3.05, 3.63) is 45.4 Å². The number of hydrogen-bond acceptors (Lipinski definition) is 3. The topological polar surface area (TPSA) is 79.4 Å². The van der Waals surface area contributed by atoms with Crippen LogP contribution >= 0.6 is 15.9 Å². The Balaban J connectivity index is 2.34. The van der Waals surface area contributed by atoms with Gasteiger partial charge < -0.3 is 14.8 Å². The number of H-pyrrole nitrogens is 1. The number of carboxylic acid groups (broad SMARTS) is 1. The van der Waals surface area contributed by atoms with Crippen molar-refractivity contribution in [2.75, 3.05) is 6.61 Å². The molecule has 6 heteroatoms. The molecule has 1 aromatic heterocycles. The molecule has 0 aliphatic heterocycles. The minimum absolute atomic E-state index is 0.203. The van der Waals surface area contributed by atoms with Gasteiger partial charge in [0.15, 0.2) is 0 Å². The molecule has 0 bridgehead atoms. The Morgan fingerprint density at radius 2 is 2.04 bits per heavy atom. The van der Waals surface area contributed by atoms with Gasteiger partial charge in [-0.05, 0) is 53.5 Å². The average Bonchev–Trinajstić information content (AvgIpc) is 2.89. The zero-order valence-electron chi connectivity index (χ0n) is 12.6. The van der Waals surface area contributed by atoms with E-state index in [9.17, 15) is 14.7 Å². The summed E-state index contributed by atoms with van der Waals surface area (Å²) >= 11 is 3.53. The quantitative estimate of drug-likeness (QED) is 0.670. The third kappa shape index (κ3) is 2.49. The van der Waals surface area contributed by atoms with Crippen molar-refractivity contribution < 1.29 is 19.4 Å². The summed E-state index contributed by atoms with van der Waals surface area (Å²) in [6.45, 7) is 3.90. The van der Waals surface area contributed by atoms with Crippen LogP contribution in [0.3, 0.4) is 0 Å². The van der Waals surface area contributed by atoms with E-state index >= 15 is 0 Å². The van der Waals surface area contributed by atoms with Crippen LogP contribution in [0, 0.1) is 6.92 Å². The lowest BCUT2D eigenvalue weighted by Crippen LogP contribution is -2.03. The van der Waals surface area contributed by atoms with Crippen molar-refractivity contribution in [1.82, 2.24) is 4.98 Å². The molecule has 0 aliphatic rings. The van der Waals surface area contributed by atoms with Gasteiger partial charge in [-0.25, -0.2) is 9.59 Å². The fourth-order valence-corrected chi connectivity index (χ4v) is 3.21. The van der Waals surface area contributed by atoms with Crippen molar-refractivity contribution in [3.8, 4) is 0 Å². The number of esters is 1. The lowest BCUT2D eigenvalue weighted by molar-refractivity contribution is 0.0526. The number of fused-ring (bicyclic) bond motifs is 3. The number of ether oxygens (including phenoxy) is 1. The summed E-state index contributed by atoms with van der Waals surface area (Å²) in [4.78, 5) is 26.5. The van der Waals surface area contributed by atoms with E-state index < -0.39 is 11.9 Å². The van der Waals surface area contributed by atoms with Crippen LogP contribution in [0.15, 0.2) is 28.7 Å². The first kappa shape index (κ1) is 15.6. The smallest absolute Gasteiger partial charge is 0.338 e. The van der Waals surface area contributed by atoms with E-state index in [-0.39, 0.29) is 5.56 Å². The summed E-state index contributed by atoms with van der Waals surface area (Å²) in [7, 11) is 0. The zero-order valence-corrected chi connectivity index (χ0v) is 14.2. The second-order valence-electron chi connectivity index (χ2n) is 5.22. The van der Waals surface area contributed by atoms with Crippen LogP contribution < -0.4 is 0 Å². The molecule has 2 N–H and O–H groups in total. The molecule has 0 saturated heterocycles. The number of carbonyl (C=O) groups is 2. The number of aromatic carboxylic acids is 1. The van der Waals surface area contributed by atoms with E-state index in [2.05, 4.69) is 20.9 Å². The molecule has 0 atom stereocenters. The Morgan fingerprint density at radius 3 is 2.70 bits per heavy atom. The Kier molecular flexibility index (Phi) is 3.85. The first-order chi connectivity index (χ1) is 10.9. The molecule has 2 aromatic carbocycles. The maximum Gasteiger partial charge on any atom is 0.338 e. The van der Waals surface area contributed by atoms with Gasteiger partial charge in [-0.15, -0.1) is 0 Å². The SMILES string of the molecule is CCOC(=O)c1ccc2c(c1)[nH]c1c(C(=O)O)cc(C)c(Br)c12. The minimum Gasteiger partial charge on any atom is -0.478 e. The van der Waals surface area contributed by atoms with Gasteiger partial charge in [-0.3, -0.25) is 0 Å². The number of halogens is 1. The van der Waals surface area contributed by atoms with Gasteiger partial charge in [-0.1, -0.05) is 6.07 Å². The zero-order chi connectivity index (χ0) is 16.7. The van der Waals surface area contributed by atoms with Crippen LogP contribution in [0.25, 0.3) is 21.8 Å². The Morgan fingerprint density at radius 1 is 1.30 bits per heavy atom. The predicted octanol–water partition coefficient (Wildman–Crippen LogP) is 4.27. The lowest BCUT2D eigenvalue weighted by atomic mass is 10.0. The average molecular weight is 376 g/mol. The number of rotatable bonds is 3. The molecule has 0 aliphatic carbocycles. The fourth-order valence-electron chi connectivity index (χ4n) is 2.69. The molecule has 23 heavy (non-hydrogen) atoms. The van der Waals surface area contributed by atoms with Gasteiger partial charge in [0.05, 0.1) is 23.3 Å². The molecule has 1 heterocycles. The van der Waals surface area contributed by atoms with E-state index in [4.69, 9.17) is 4.74 Å². The highest BCUT2D eigenvalue weighted by atomic mass is 79.9. The molecule has 3 rings (SSSR count). The van der Waals surface area contributed by atoms with E-state index in [1.165, 1.54) is 0 Å². The van der Waals surface area contributed by atoms with E-state index in [1.807, 2.05) is 6.92 Å².